The van der Waals surface area contributed by atoms with E-state index in [9.17, 15) is 13.2 Å². The summed E-state index contributed by atoms with van der Waals surface area (Å²) in [5, 5.41) is 2.74. The summed E-state index contributed by atoms with van der Waals surface area (Å²) in [6.45, 7) is 0.333. The van der Waals surface area contributed by atoms with Crippen molar-refractivity contribution in [3.63, 3.8) is 0 Å². The number of nitrogens with one attached hydrogen (secondary N) is 1. The first-order valence-corrected chi connectivity index (χ1v) is 11.1. The maximum Gasteiger partial charge on any atom is 0.261 e. The molecule has 0 spiro atoms. The highest BCUT2D eigenvalue weighted by Crippen LogP contribution is 2.32. The zero-order valence-electron chi connectivity index (χ0n) is 12.1. The summed E-state index contributed by atoms with van der Waals surface area (Å²) in [6, 6.07) is 10.8. The topological polar surface area (TPSA) is 63.2 Å². The van der Waals surface area contributed by atoms with Gasteiger partial charge in [-0.15, -0.1) is 11.3 Å². The van der Waals surface area contributed by atoms with Gasteiger partial charge in [-0.3, -0.25) is 4.79 Å². The van der Waals surface area contributed by atoms with E-state index in [4.69, 9.17) is 0 Å². The van der Waals surface area contributed by atoms with Crippen molar-refractivity contribution in [1.29, 1.82) is 0 Å². The number of halogens is 2. The number of benzene rings is 1. The van der Waals surface area contributed by atoms with Crippen LogP contribution in [0.5, 0.6) is 0 Å². The average Bonchev–Trinajstić information content (AvgIpc) is 2.84. The first-order valence-electron chi connectivity index (χ1n) is 6.85. The number of sulfone groups is 1. The summed E-state index contributed by atoms with van der Waals surface area (Å²) in [7, 11) is -3.16. The van der Waals surface area contributed by atoms with Crippen LogP contribution in [0.3, 0.4) is 0 Å². The zero-order valence-corrected chi connectivity index (χ0v) is 16.9. The number of thiophene rings is 1. The minimum Gasteiger partial charge on any atom is -0.351 e. The molecule has 1 aromatic heterocycles. The molecular formula is C15H15Br2NO3S2. The van der Waals surface area contributed by atoms with Gasteiger partial charge in [0.2, 0.25) is 0 Å². The predicted octanol–water partition coefficient (Wildman–Crippen LogP) is 4.01. The van der Waals surface area contributed by atoms with Gasteiger partial charge < -0.3 is 5.32 Å². The van der Waals surface area contributed by atoms with Crippen molar-refractivity contribution < 1.29 is 13.2 Å². The largest absolute Gasteiger partial charge is 0.351 e. The number of hydrogen-bond donors (Lipinski definition) is 1. The van der Waals surface area contributed by atoms with Crippen LogP contribution in [0.15, 0.2) is 44.7 Å². The molecule has 2 rings (SSSR count). The van der Waals surface area contributed by atoms with Crippen LogP contribution in [0.25, 0.3) is 0 Å². The summed E-state index contributed by atoms with van der Waals surface area (Å²) < 4.78 is 25.8. The van der Waals surface area contributed by atoms with Gasteiger partial charge in [-0.1, -0.05) is 30.3 Å². The Balaban J connectivity index is 1.77. The van der Waals surface area contributed by atoms with Crippen molar-refractivity contribution in [2.75, 3.05) is 12.3 Å². The quantitative estimate of drug-likeness (QED) is 0.609. The van der Waals surface area contributed by atoms with E-state index in [1.54, 1.807) is 18.2 Å². The van der Waals surface area contributed by atoms with Gasteiger partial charge in [0.1, 0.15) is 0 Å². The van der Waals surface area contributed by atoms with E-state index in [1.807, 2.05) is 18.2 Å². The second kappa shape index (κ2) is 8.41. The molecule has 0 saturated carbocycles. The summed E-state index contributed by atoms with van der Waals surface area (Å²) in [5.41, 5.74) is 0.782. The molecule has 0 saturated heterocycles. The molecule has 0 bridgehead atoms. The third-order valence-corrected chi connectivity index (χ3v) is 7.95. The van der Waals surface area contributed by atoms with Crippen molar-refractivity contribution in [1.82, 2.24) is 5.32 Å². The highest BCUT2D eigenvalue weighted by atomic mass is 79.9. The van der Waals surface area contributed by atoms with Gasteiger partial charge in [-0.2, -0.15) is 0 Å². The normalized spacial score (nSPS) is 11.4. The van der Waals surface area contributed by atoms with Crippen molar-refractivity contribution in [3.8, 4) is 0 Å². The molecule has 1 heterocycles. The smallest absolute Gasteiger partial charge is 0.261 e. The molecule has 2 aromatic rings. The van der Waals surface area contributed by atoms with Crippen LogP contribution in [-0.2, 0) is 15.6 Å². The predicted molar refractivity (Wildman–Crippen MR) is 101 cm³/mol. The van der Waals surface area contributed by atoms with Gasteiger partial charge in [0, 0.05) is 11.0 Å². The molecule has 4 nitrogen and oxygen atoms in total. The van der Waals surface area contributed by atoms with Crippen LogP contribution < -0.4 is 5.32 Å². The SMILES string of the molecule is O=C(NCCCS(=O)(=O)Cc1ccccc1)c1cc(Br)c(Br)s1. The number of amides is 1. The minimum atomic E-state index is -3.16. The Hall–Kier alpha value is -0.700. The number of carbonyl (C=O) groups excluding carboxylic acids is 1. The van der Waals surface area contributed by atoms with Gasteiger partial charge in [-0.25, -0.2) is 8.42 Å². The maximum atomic E-state index is 12.0. The lowest BCUT2D eigenvalue weighted by molar-refractivity contribution is 0.0957. The molecule has 8 heteroatoms. The summed E-state index contributed by atoms with van der Waals surface area (Å²) in [6.07, 6.45) is 0.397. The lowest BCUT2D eigenvalue weighted by atomic mass is 10.2. The fourth-order valence-corrected chi connectivity index (χ4v) is 5.32. The van der Waals surface area contributed by atoms with Crippen molar-refractivity contribution in [2.45, 2.75) is 12.2 Å². The second-order valence-corrected chi connectivity index (χ2v) is 10.3. The Morgan fingerprint density at radius 2 is 1.87 bits per heavy atom. The average molecular weight is 481 g/mol. The lowest BCUT2D eigenvalue weighted by Crippen LogP contribution is -2.25. The molecule has 124 valence electrons. The van der Waals surface area contributed by atoms with E-state index < -0.39 is 9.84 Å². The molecule has 0 aliphatic rings. The molecule has 0 radical (unpaired) electrons. The van der Waals surface area contributed by atoms with Crippen LogP contribution >= 0.6 is 43.2 Å². The standard InChI is InChI=1S/C15H15Br2NO3S2/c16-12-9-13(22-14(12)17)15(19)18-7-4-8-23(20,21)10-11-5-2-1-3-6-11/h1-3,5-6,9H,4,7-8,10H2,(H,18,19). The van der Waals surface area contributed by atoms with Crippen LogP contribution in [0.2, 0.25) is 0 Å². The van der Waals surface area contributed by atoms with E-state index in [-0.39, 0.29) is 17.4 Å². The molecule has 0 aliphatic carbocycles. The van der Waals surface area contributed by atoms with E-state index >= 15 is 0 Å². The fourth-order valence-electron chi connectivity index (χ4n) is 1.94. The zero-order chi connectivity index (χ0) is 16.9. The van der Waals surface area contributed by atoms with Crippen LogP contribution in [0, 0.1) is 0 Å². The Bertz CT molecular complexity index is 754. The van der Waals surface area contributed by atoms with Crippen molar-refractivity contribution in [3.05, 3.63) is 55.1 Å². The fraction of sp³-hybridized carbons (Fsp3) is 0.267. The number of hydrogen-bond acceptors (Lipinski definition) is 4. The Kier molecular flexibility index (Phi) is 6.82. The molecule has 0 atom stereocenters. The van der Waals surface area contributed by atoms with Crippen LogP contribution in [0.4, 0.5) is 0 Å². The van der Waals surface area contributed by atoms with Gasteiger partial charge in [0.25, 0.3) is 5.91 Å². The van der Waals surface area contributed by atoms with Gasteiger partial charge in [-0.05, 0) is 49.9 Å². The summed E-state index contributed by atoms with van der Waals surface area (Å²) in [4.78, 5) is 12.5. The third-order valence-electron chi connectivity index (χ3n) is 3.02. The Labute approximate surface area is 156 Å². The first-order chi connectivity index (χ1) is 10.9. The van der Waals surface area contributed by atoms with E-state index in [0.717, 1.165) is 13.8 Å². The monoisotopic (exact) mass is 479 g/mol. The molecule has 23 heavy (non-hydrogen) atoms. The molecule has 0 aliphatic heterocycles. The molecule has 0 unspecified atom stereocenters. The number of carbonyl (C=O) groups is 1. The van der Waals surface area contributed by atoms with Gasteiger partial charge in [0.15, 0.2) is 9.84 Å². The van der Waals surface area contributed by atoms with E-state index in [1.165, 1.54) is 11.3 Å². The lowest BCUT2D eigenvalue weighted by Gasteiger charge is -2.06. The van der Waals surface area contributed by atoms with Crippen LogP contribution in [0.1, 0.15) is 21.7 Å². The molecule has 1 aromatic carbocycles. The highest BCUT2D eigenvalue weighted by molar-refractivity contribution is 9.13. The molecule has 0 fully saturated rings. The summed E-state index contributed by atoms with van der Waals surface area (Å²) in [5.74, 6) is -0.103. The summed E-state index contributed by atoms with van der Waals surface area (Å²) >= 11 is 7.99. The van der Waals surface area contributed by atoms with E-state index in [2.05, 4.69) is 37.2 Å². The van der Waals surface area contributed by atoms with Crippen molar-refractivity contribution in [2.24, 2.45) is 0 Å². The number of rotatable bonds is 7. The Morgan fingerprint density at radius 1 is 1.17 bits per heavy atom. The second-order valence-electron chi connectivity index (χ2n) is 4.92. The van der Waals surface area contributed by atoms with E-state index in [0.29, 0.717) is 17.8 Å². The van der Waals surface area contributed by atoms with Crippen molar-refractivity contribution >= 4 is 58.9 Å². The highest BCUT2D eigenvalue weighted by Gasteiger charge is 2.14. The third kappa shape index (κ3) is 6.02. The maximum absolute atomic E-state index is 12.0. The first kappa shape index (κ1) is 18.6. The Morgan fingerprint density at radius 3 is 2.48 bits per heavy atom. The minimum absolute atomic E-state index is 0.0343. The molecular weight excluding hydrogens is 466 g/mol. The van der Waals surface area contributed by atoms with Crippen LogP contribution in [-0.4, -0.2) is 26.6 Å². The molecule has 1 amide bonds. The van der Waals surface area contributed by atoms with Gasteiger partial charge >= 0.3 is 0 Å². The van der Waals surface area contributed by atoms with Gasteiger partial charge in [0.05, 0.1) is 20.2 Å². The molecule has 1 N–H and O–H groups in total.